The summed E-state index contributed by atoms with van der Waals surface area (Å²) in [6, 6.07) is 5.95. The number of nitrogens with zero attached hydrogens (tertiary/aromatic N) is 6. The van der Waals surface area contributed by atoms with Crippen LogP contribution in [0.3, 0.4) is 0 Å². The molecule has 0 spiro atoms. The minimum atomic E-state index is -0.453. The molecule has 0 amide bonds. The van der Waals surface area contributed by atoms with E-state index in [4.69, 9.17) is 0 Å². The van der Waals surface area contributed by atoms with E-state index in [0.29, 0.717) is 23.6 Å². The number of pyridine rings is 1. The Balaban J connectivity index is 1.37. The Morgan fingerprint density at radius 1 is 1.12 bits per heavy atom. The highest BCUT2D eigenvalue weighted by Crippen LogP contribution is 2.37. The first-order chi connectivity index (χ1) is 15.9. The molecule has 9 heteroatoms. The quantitative estimate of drug-likeness (QED) is 0.431. The van der Waals surface area contributed by atoms with Gasteiger partial charge in [-0.05, 0) is 62.5 Å². The van der Waals surface area contributed by atoms with Crippen molar-refractivity contribution in [3.63, 3.8) is 0 Å². The number of aromatic nitrogens is 5. The Hall–Kier alpha value is -2.91. The first-order valence-corrected chi connectivity index (χ1v) is 12.1. The van der Waals surface area contributed by atoms with Gasteiger partial charge < -0.3 is 10.2 Å². The predicted octanol–water partition coefficient (Wildman–Crippen LogP) is 5.30. The van der Waals surface area contributed by atoms with Crippen LogP contribution in [0.2, 0.25) is 0 Å². The van der Waals surface area contributed by atoms with E-state index in [2.05, 4.69) is 57.2 Å². The number of halogens is 1. The molecule has 0 aliphatic carbocycles. The number of thiophene rings is 1. The molecule has 0 unspecified atom stereocenters. The minimum Gasteiger partial charge on any atom is -0.309 e. The van der Waals surface area contributed by atoms with Gasteiger partial charge in [0.25, 0.3) is 0 Å². The van der Waals surface area contributed by atoms with Crippen LogP contribution in [0.25, 0.3) is 20.8 Å². The first-order valence-electron chi connectivity index (χ1n) is 11.3. The van der Waals surface area contributed by atoms with E-state index in [9.17, 15) is 4.39 Å². The maximum Gasteiger partial charge on any atom is 0.229 e. The summed E-state index contributed by atoms with van der Waals surface area (Å²) >= 11 is 1.51. The van der Waals surface area contributed by atoms with Gasteiger partial charge in [-0.15, -0.1) is 11.3 Å². The molecule has 33 heavy (non-hydrogen) atoms. The first kappa shape index (κ1) is 21.9. The summed E-state index contributed by atoms with van der Waals surface area (Å²) < 4.78 is 17.6. The van der Waals surface area contributed by atoms with E-state index < -0.39 is 5.82 Å². The summed E-state index contributed by atoms with van der Waals surface area (Å²) in [5.74, 6) is 1.38. The number of aryl methyl sites for hydroxylation is 1. The van der Waals surface area contributed by atoms with E-state index in [-0.39, 0.29) is 5.69 Å². The zero-order valence-corrected chi connectivity index (χ0v) is 20.2. The standard InChI is InChI=1S/C24H28FN7S/c1-14(2)22-23-18(30-32(22)4)11-19(33-23)21-17(25)13-27-24(29-21)28-20-6-5-16(12-26-20)15-7-9-31(3)10-8-15/h5-6,11-15H,7-10H2,1-4H3,(H,26,27,28,29). The highest BCUT2D eigenvalue weighted by Gasteiger charge is 2.20. The number of hydrogen-bond donors (Lipinski definition) is 1. The van der Waals surface area contributed by atoms with Crippen LogP contribution in [0.15, 0.2) is 30.6 Å². The van der Waals surface area contributed by atoms with Gasteiger partial charge in [0, 0.05) is 13.2 Å². The molecule has 0 atom stereocenters. The van der Waals surface area contributed by atoms with Crippen LogP contribution in [-0.4, -0.2) is 49.8 Å². The third-order valence-electron chi connectivity index (χ3n) is 6.29. The van der Waals surface area contributed by atoms with Crippen LogP contribution in [0.4, 0.5) is 16.2 Å². The van der Waals surface area contributed by atoms with Gasteiger partial charge in [-0.2, -0.15) is 5.10 Å². The highest BCUT2D eigenvalue weighted by molar-refractivity contribution is 7.22. The van der Waals surface area contributed by atoms with Crippen molar-refractivity contribution in [2.75, 3.05) is 25.5 Å². The molecule has 1 N–H and O–H groups in total. The van der Waals surface area contributed by atoms with Crippen LogP contribution in [-0.2, 0) is 7.05 Å². The summed E-state index contributed by atoms with van der Waals surface area (Å²) in [5.41, 5.74) is 3.53. The van der Waals surface area contributed by atoms with Crippen molar-refractivity contribution < 1.29 is 4.39 Å². The second-order valence-corrected chi connectivity index (χ2v) is 10.1. The van der Waals surface area contributed by atoms with Gasteiger partial charge in [-0.3, -0.25) is 4.68 Å². The van der Waals surface area contributed by atoms with Crippen molar-refractivity contribution in [3.05, 3.63) is 47.7 Å². The second kappa shape index (κ2) is 8.79. The third-order valence-corrected chi connectivity index (χ3v) is 7.45. The third kappa shape index (κ3) is 4.35. The van der Waals surface area contributed by atoms with Gasteiger partial charge in [0.2, 0.25) is 5.95 Å². The molecule has 1 aliphatic heterocycles. The van der Waals surface area contributed by atoms with Crippen molar-refractivity contribution in [2.24, 2.45) is 7.05 Å². The van der Waals surface area contributed by atoms with Gasteiger partial charge in [0.1, 0.15) is 17.0 Å². The fraction of sp³-hybridized carbons (Fsp3) is 0.417. The van der Waals surface area contributed by atoms with E-state index in [0.717, 1.165) is 46.7 Å². The molecule has 1 saturated heterocycles. The van der Waals surface area contributed by atoms with Gasteiger partial charge in [0.05, 0.1) is 21.5 Å². The summed E-state index contributed by atoms with van der Waals surface area (Å²) in [6.45, 7) is 6.49. The van der Waals surface area contributed by atoms with Gasteiger partial charge >= 0.3 is 0 Å². The van der Waals surface area contributed by atoms with Crippen LogP contribution in [0.5, 0.6) is 0 Å². The van der Waals surface area contributed by atoms with Crippen LogP contribution >= 0.6 is 11.3 Å². The average molecular weight is 466 g/mol. The number of anilines is 2. The zero-order chi connectivity index (χ0) is 23.1. The Morgan fingerprint density at radius 3 is 2.61 bits per heavy atom. The number of piperidine rings is 1. The number of fused-ring (bicyclic) bond motifs is 1. The van der Waals surface area contributed by atoms with Gasteiger partial charge in [-0.25, -0.2) is 19.3 Å². The molecule has 0 saturated carbocycles. The Morgan fingerprint density at radius 2 is 1.91 bits per heavy atom. The molecule has 0 aromatic carbocycles. The van der Waals surface area contributed by atoms with E-state index >= 15 is 0 Å². The molecule has 5 heterocycles. The molecule has 0 bridgehead atoms. The lowest BCUT2D eigenvalue weighted by molar-refractivity contribution is 0.255. The van der Waals surface area contributed by atoms with Crippen LogP contribution in [0, 0.1) is 5.82 Å². The fourth-order valence-corrected chi connectivity index (χ4v) is 5.84. The normalized spacial score (nSPS) is 15.6. The molecular weight excluding hydrogens is 437 g/mol. The molecule has 1 aliphatic rings. The van der Waals surface area contributed by atoms with Crippen molar-refractivity contribution in [1.29, 1.82) is 0 Å². The molecule has 5 rings (SSSR count). The Bertz CT molecular complexity index is 1270. The van der Waals surface area contributed by atoms with Crippen LogP contribution < -0.4 is 5.32 Å². The lowest BCUT2D eigenvalue weighted by atomic mass is 9.91. The number of rotatable bonds is 5. The molecule has 0 radical (unpaired) electrons. The summed E-state index contributed by atoms with van der Waals surface area (Å²) in [6.07, 6.45) is 5.43. The average Bonchev–Trinajstić information content (AvgIpc) is 3.32. The molecular formula is C24H28FN7S. The van der Waals surface area contributed by atoms with E-state index in [1.54, 1.807) is 0 Å². The molecule has 1 fully saturated rings. The topological polar surface area (TPSA) is 71.8 Å². The molecule has 172 valence electrons. The maximum absolute atomic E-state index is 14.7. The highest BCUT2D eigenvalue weighted by atomic mass is 32.1. The number of likely N-dealkylation sites (tertiary alicyclic amines) is 1. The largest absolute Gasteiger partial charge is 0.309 e. The van der Waals surface area contributed by atoms with Crippen molar-refractivity contribution in [3.8, 4) is 10.6 Å². The van der Waals surface area contributed by atoms with Crippen LogP contribution in [0.1, 0.15) is 49.8 Å². The molecule has 4 aromatic heterocycles. The maximum atomic E-state index is 14.7. The summed E-state index contributed by atoms with van der Waals surface area (Å²) in [4.78, 5) is 16.2. The number of nitrogens with one attached hydrogen (secondary N) is 1. The fourth-order valence-electron chi connectivity index (χ4n) is 4.53. The summed E-state index contributed by atoms with van der Waals surface area (Å²) in [7, 11) is 4.11. The lowest BCUT2D eigenvalue weighted by Crippen LogP contribution is -2.29. The Kier molecular flexibility index (Phi) is 5.84. The van der Waals surface area contributed by atoms with Gasteiger partial charge in [-0.1, -0.05) is 19.9 Å². The Labute approximate surface area is 196 Å². The predicted molar refractivity (Wildman–Crippen MR) is 131 cm³/mol. The lowest BCUT2D eigenvalue weighted by Gasteiger charge is -2.29. The smallest absolute Gasteiger partial charge is 0.229 e. The SMILES string of the molecule is CC(C)c1c2sc(-c3nc(Nc4ccc(C5CCN(C)CC5)cn4)ncc3F)cc2nn1C. The molecule has 4 aromatic rings. The van der Waals surface area contributed by atoms with E-state index in [1.165, 1.54) is 23.1 Å². The monoisotopic (exact) mass is 465 g/mol. The molecule has 7 nitrogen and oxygen atoms in total. The van der Waals surface area contributed by atoms with Gasteiger partial charge in [0.15, 0.2) is 5.82 Å². The summed E-state index contributed by atoms with van der Waals surface area (Å²) in [5, 5.41) is 7.71. The van der Waals surface area contributed by atoms with Crippen molar-refractivity contribution in [2.45, 2.75) is 38.5 Å². The second-order valence-electron chi connectivity index (χ2n) is 9.06. The van der Waals surface area contributed by atoms with Crippen molar-refractivity contribution in [1.82, 2.24) is 29.6 Å². The number of hydrogen-bond acceptors (Lipinski definition) is 7. The minimum absolute atomic E-state index is 0.274. The van der Waals surface area contributed by atoms with E-state index in [1.807, 2.05) is 30.1 Å². The van der Waals surface area contributed by atoms with Crippen molar-refractivity contribution >= 4 is 33.3 Å². The zero-order valence-electron chi connectivity index (χ0n) is 19.3.